The molecule has 0 saturated heterocycles. The Labute approximate surface area is 118 Å². The maximum Gasteiger partial charge on any atom is 0.269 e. The summed E-state index contributed by atoms with van der Waals surface area (Å²) in [7, 11) is 0. The van der Waals surface area contributed by atoms with E-state index in [2.05, 4.69) is 43.4 Å². The van der Waals surface area contributed by atoms with Gasteiger partial charge in [-0.1, -0.05) is 42.0 Å². The molecule has 2 aromatic carbocycles. The molecule has 0 fully saturated rings. The lowest BCUT2D eigenvalue weighted by molar-refractivity contribution is -0.384. The van der Waals surface area contributed by atoms with Crippen LogP contribution >= 0.6 is 0 Å². The molecule has 0 unspecified atom stereocenters. The molecule has 104 valence electrons. The van der Waals surface area contributed by atoms with Gasteiger partial charge in [0.25, 0.3) is 5.69 Å². The molecule has 0 spiro atoms. The van der Waals surface area contributed by atoms with Gasteiger partial charge in [-0.05, 0) is 25.0 Å². The van der Waals surface area contributed by atoms with Crippen LogP contribution in [0.15, 0.2) is 48.5 Å². The first-order chi connectivity index (χ1) is 9.56. The third-order valence-electron chi connectivity index (χ3n) is 3.31. The maximum absolute atomic E-state index is 10.7. The van der Waals surface area contributed by atoms with E-state index < -0.39 is 0 Å². The molecule has 1 atom stereocenters. The van der Waals surface area contributed by atoms with Gasteiger partial charge in [-0.2, -0.15) is 0 Å². The van der Waals surface area contributed by atoms with E-state index in [1.165, 1.54) is 17.2 Å². The van der Waals surface area contributed by atoms with Crippen LogP contribution in [0.2, 0.25) is 0 Å². The first-order valence-corrected chi connectivity index (χ1v) is 6.59. The summed E-state index contributed by atoms with van der Waals surface area (Å²) in [5.41, 5.74) is 3.49. The maximum atomic E-state index is 10.7. The smallest absolute Gasteiger partial charge is 0.269 e. The van der Waals surface area contributed by atoms with Crippen molar-refractivity contribution in [3.63, 3.8) is 0 Å². The van der Waals surface area contributed by atoms with Crippen LogP contribution < -0.4 is 5.32 Å². The van der Waals surface area contributed by atoms with Crippen LogP contribution in [0, 0.1) is 17.0 Å². The van der Waals surface area contributed by atoms with Gasteiger partial charge in [-0.3, -0.25) is 10.1 Å². The zero-order valence-electron chi connectivity index (χ0n) is 11.7. The van der Waals surface area contributed by atoms with E-state index in [1.54, 1.807) is 12.1 Å². The van der Waals surface area contributed by atoms with Gasteiger partial charge in [0.15, 0.2) is 0 Å². The van der Waals surface area contributed by atoms with E-state index in [0.29, 0.717) is 6.54 Å². The van der Waals surface area contributed by atoms with Crippen LogP contribution in [0.25, 0.3) is 0 Å². The molecule has 0 heterocycles. The highest BCUT2D eigenvalue weighted by molar-refractivity contribution is 5.34. The fraction of sp³-hybridized carbons (Fsp3) is 0.250. The zero-order chi connectivity index (χ0) is 14.5. The Bertz CT molecular complexity index is 594. The molecule has 0 aliphatic carbocycles. The first-order valence-electron chi connectivity index (χ1n) is 6.59. The Morgan fingerprint density at radius 3 is 2.55 bits per heavy atom. The molecule has 2 rings (SSSR count). The van der Waals surface area contributed by atoms with Gasteiger partial charge in [-0.25, -0.2) is 0 Å². The summed E-state index contributed by atoms with van der Waals surface area (Å²) in [4.78, 5) is 10.4. The molecule has 4 heteroatoms. The number of nitro benzene ring substituents is 1. The summed E-state index contributed by atoms with van der Waals surface area (Å²) >= 11 is 0. The largest absolute Gasteiger partial charge is 0.306 e. The third-order valence-corrected chi connectivity index (χ3v) is 3.31. The lowest BCUT2D eigenvalue weighted by Gasteiger charge is -2.14. The van der Waals surface area contributed by atoms with Crippen LogP contribution in [0.1, 0.15) is 29.7 Å². The summed E-state index contributed by atoms with van der Waals surface area (Å²) in [5.74, 6) is 0. The Balaban J connectivity index is 1.99. The van der Waals surface area contributed by atoms with Gasteiger partial charge < -0.3 is 5.32 Å². The number of hydrogen-bond acceptors (Lipinski definition) is 3. The van der Waals surface area contributed by atoms with Crippen LogP contribution in [-0.2, 0) is 6.54 Å². The van der Waals surface area contributed by atoms with Crippen molar-refractivity contribution >= 4 is 5.69 Å². The second kappa shape index (κ2) is 6.30. The second-order valence-corrected chi connectivity index (χ2v) is 4.94. The molecule has 0 amide bonds. The minimum absolute atomic E-state index is 0.132. The van der Waals surface area contributed by atoms with Crippen LogP contribution in [0.3, 0.4) is 0 Å². The van der Waals surface area contributed by atoms with E-state index >= 15 is 0 Å². The number of rotatable bonds is 5. The number of nitro groups is 1. The van der Waals surface area contributed by atoms with E-state index in [9.17, 15) is 10.1 Å². The van der Waals surface area contributed by atoms with Gasteiger partial charge in [0.2, 0.25) is 0 Å². The Morgan fingerprint density at radius 2 is 1.90 bits per heavy atom. The summed E-state index contributed by atoms with van der Waals surface area (Å²) < 4.78 is 0. The Morgan fingerprint density at radius 1 is 1.20 bits per heavy atom. The van der Waals surface area contributed by atoms with Crippen molar-refractivity contribution in [3.05, 3.63) is 75.3 Å². The SMILES string of the molecule is Cc1ccc([C@H](C)NCc2cccc([N+](=O)[O-])c2)cc1. The first kappa shape index (κ1) is 14.2. The standard InChI is InChI=1S/C16H18N2O2/c1-12-6-8-15(9-7-12)13(2)17-11-14-4-3-5-16(10-14)18(19)20/h3-10,13,17H,11H2,1-2H3/t13-/m0/s1. The molecule has 0 bridgehead atoms. The molecule has 20 heavy (non-hydrogen) atoms. The summed E-state index contributed by atoms with van der Waals surface area (Å²) in [6.45, 7) is 4.75. The van der Waals surface area contributed by atoms with Crippen LogP contribution in [0.5, 0.6) is 0 Å². The molecule has 0 aliphatic heterocycles. The summed E-state index contributed by atoms with van der Waals surface area (Å²) in [5, 5.41) is 14.1. The number of nitrogens with zero attached hydrogens (tertiary/aromatic N) is 1. The van der Waals surface area contributed by atoms with Gasteiger partial charge in [0.1, 0.15) is 0 Å². The Hall–Kier alpha value is -2.20. The second-order valence-electron chi connectivity index (χ2n) is 4.94. The summed E-state index contributed by atoms with van der Waals surface area (Å²) in [6.07, 6.45) is 0. The average Bonchev–Trinajstić information content (AvgIpc) is 2.46. The highest BCUT2D eigenvalue weighted by Gasteiger charge is 2.08. The fourth-order valence-corrected chi connectivity index (χ4v) is 2.02. The average molecular weight is 270 g/mol. The fourth-order valence-electron chi connectivity index (χ4n) is 2.02. The van der Waals surface area contributed by atoms with Crippen molar-refractivity contribution in [2.75, 3.05) is 0 Å². The quantitative estimate of drug-likeness (QED) is 0.665. The zero-order valence-corrected chi connectivity index (χ0v) is 11.7. The van der Waals surface area contributed by atoms with Gasteiger partial charge >= 0.3 is 0 Å². The molecular weight excluding hydrogens is 252 g/mol. The number of non-ortho nitro benzene ring substituents is 1. The van der Waals surface area contributed by atoms with Gasteiger partial charge in [-0.15, -0.1) is 0 Å². The lowest BCUT2D eigenvalue weighted by Crippen LogP contribution is -2.18. The molecule has 0 saturated carbocycles. The van der Waals surface area contributed by atoms with E-state index in [4.69, 9.17) is 0 Å². The van der Waals surface area contributed by atoms with Gasteiger partial charge in [0, 0.05) is 24.7 Å². The minimum atomic E-state index is -0.368. The molecule has 2 aromatic rings. The lowest BCUT2D eigenvalue weighted by atomic mass is 10.1. The molecule has 0 aliphatic rings. The predicted octanol–water partition coefficient (Wildman–Crippen LogP) is 3.75. The van der Waals surface area contributed by atoms with Crippen molar-refractivity contribution in [3.8, 4) is 0 Å². The topological polar surface area (TPSA) is 55.2 Å². The molecule has 0 radical (unpaired) electrons. The number of aryl methyl sites for hydroxylation is 1. The van der Waals surface area contributed by atoms with Crippen molar-refractivity contribution in [1.82, 2.24) is 5.32 Å². The molecule has 0 aromatic heterocycles. The Kier molecular flexibility index (Phi) is 4.48. The van der Waals surface area contributed by atoms with Crippen LogP contribution in [0.4, 0.5) is 5.69 Å². The van der Waals surface area contributed by atoms with Gasteiger partial charge in [0.05, 0.1) is 4.92 Å². The van der Waals surface area contributed by atoms with E-state index in [0.717, 1.165) is 5.56 Å². The molecular formula is C16H18N2O2. The highest BCUT2D eigenvalue weighted by Crippen LogP contribution is 2.16. The predicted molar refractivity (Wildman–Crippen MR) is 79.5 cm³/mol. The van der Waals surface area contributed by atoms with Crippen molar-refractivity contribution < 1.29 is 4.92 Å². The molecule has 1 N–H and O–H groups in total. The highest BCUT2D eigenvalue weighted by atomic mass is 16.6. The number of nitrogens with one attached hydrogen (secondary N) is 1. The monoisotopic (exact) mass is 270 g/mol. The van der Waals surface area contributed by atoms with E-state index in [1.807, 2.05) is 6.07 Å². The van der Waals surface area contributed by atoms with E-state index in [-0.39, 0.29) is 16.7 Å². The third kappa shape index (κ3) is 3.65. The van der Waals surface area contributed by atoms with Crippen LogP contribution in [-0.4, -0.2) is 4.92 Å². The normalized spacial score (nSPS) is 12.1. The number of benzene rings is 2. The van der Waals surface area contributed by atoms with Crippen molar-refractivity contribution in [2.45, 2.75) is 26.4 Å². The summed E-state index contributed by atoms with van der Waals surface area (Å²) in [6, 6.07) is 15.3. The molecule has 4 nitrogen and oxygen atoms in total. The number of hydrogen-bond donors (Lipinski definition) is 1. The van der Waals surface area contributed by atoms with Crippen molar-refractivity contribution in [1.29, 1.82) is 0 Å². The van der Waals surface area contributed by atoms with Crippen molar-refractivity contribution in [2.24, 2.45) is 0 Å². The minimum Gasteiger partial charge on any atom is -0.306 e.